The summed E-state index contributed by atoms with van der Waals surface area (Å²) in [6.45, 7) is 2.32. The Labute approximate surface area is 101 Å². The molecule has 0 saturated carbocycles. The maximum Gasteiger partial charge on any atom is 0.0577 e. The number of hydrogen-bond donors (Lipinski definition) is 1. The van der Waals surface area contributed by atoms with Crippen LogP contribution in [0.25, 0.3) is 10.8 Å². The normalized spacial score (nSPS) is 17.4. The molecular formula is C14H17N3. The van der Waals surface area contributed by atoms with Gasteiger partial charge in [0.1, 0.15) is 0 Å². The SMILES string of the molecule is c1cc(CC2CCNCC2)c2cnncc2c1. The van der Waals surface area contributed by atoms with Gasteiger partial charge < -0.3 is 5.32 Å². The molecule has 0 atom stereocenters. The summed E-state index contributed by atoms with van der Waals surface area (Å²) in [5.74, 6) is 0.815. The van der Waals surface area contributed by atoms with Gasteiger partial charge in [0.25, 0.3) is 0 Å². The molecule has 3 heteroatoms. The van der Waals surface area contributed by atoms with Crippen molar-refractivity contribution in [1.82, 2.24) is 15.5 Å². The molecule has 1 aromatic carbocycles. The van der Waals surface area contributed by atoms with Gasteiger partial charge in [-0.1, -0.05) is 18.2 Å². The zero-order valence-electron chi connectivity index (χ0n) is 9.89. The van der Waals surface area contributed by atoms with Gasteiger partial charge in [0.05, 0.1) is 12.4 Å². The number of benzene rings is 1. The van der Waals surface area contributed by atoms with E-state index in [-0.39, 0.29) is 0 Å². The van der Waals surface area contributed by atoms with Crippen LogP contribution < -0.4 is 5.32 Å². The first kappa shape index (κ1) is 10.7. The van der Waals surface area contributed by atoms with E-state index in [9.17, 15) is 0 Å². The summed E-state index contributed by atoms with van der Waals surface area (Å²) in [6.07, 6.45) is 7.49. The predicted molar refractivity (Wildman–Crippen MR) is 68.8 cm³/mol. The minimum absolute atomic E-state index is 0.815. The van der Waals surface area contributed by atoms with Crippen molar-refractivity contribution in [2.45, 2.75) is 19.3 Å². The van der Waals surface area contributed by atoms with Gasteiger partial charge in [-0.25, -0.2) is 0 Å². The van der Waals surface area contributed by atoms with Crippen LogP contribution in [0.1, 0.15) is 18.4 Å². The minimum Gasteiger partial charge on any atom is -0.317 e. The molecule has 3 rings (SSSR count). The standard InChI is InChI=1S/C14H17N3/c1-2-12(8-11-4-6-15-7-5-11)14-10-17-16-9-13(14)3-1/h1-3,9-11,15H,4-8H2. The van der Waals surface area contributed by atoms with Crippen molar-refractivity contribution in [3.63, 3.8) is 0 Å². The predicted octanol–water partition coefficient (Wildman–Crippen LogP) is 2.17. The fraction of sp³-hybridized carbons (Fsp3) is 0.429. The van der Waals surface area contributed by atoms with Gasteiger partial charge in [-0.2, -0.15) is 10.2 Å². The number of nitrogens with one attached hydrogen (secondary N) is 1. The third kappa shape index (κ3) is 2.29. The maximum absolute atomic E-state index is 4.00. The van der Waals surface area contributed by atoms with E-state index < -0.39 is 0 Å². The van der Waals surface area contributed by atoms with Crippen molar-refractivity contribution < 1.29 is 0 Å². The first-order valence-electron chi connectivity index (χ1n) is 6.32. The molecule has 1 saturated heterocycles. The lowest BCUT2D eigenvalue weighted by Gasteiger charge is -2.23. The van der Waals surface area contributed by atoms with Crippen LogP contribution in [0, 0.1) is 5.92 Å². The van der Waals surface area contributed by atoms with E-state index in [0.717, 1.165) is 19.0 Å². The van der Waals surface area contributed by atoms with E-state index in [1.165, 1.54) is 35.6 Å². The van der Waals surface area contributed by atoms with Crippen LogP contribution in [-0.4, -0.2) is 23.3 Å². The highest BCUT2D eigenvalue weighted by Gasteiger charge is 2.14. The molecule has 88 valence electrons. The van der Waals surface area contributed by atoms with E-state index >= 15 is 0 Å². The molecule has 17 heavy (non-hydrogen) atoms. The maximum atomic E-state index is 4.00. The summed E-state index contributed by atoms with van der Waals surface area (Å²) >= 11 is 0. The summed E-state index contributed by atoms with van der Waals surface area (Å²) in [5.41, 5.74) is 1.42. The van der Waals surface area contributed by atoms with Gasteiger partial charge in [0, 0.05) is 10.8 Å². The molecule has 0 radical (unpaired) electrons. The number of nitrogens with zero attached hydrogens (tertiary/aromatic N) is 2. The molecule has 0 aliphatic carbocycles. The van der Waals surface area contributed by atoms with Crippen molar-refractivity contribution in [2.24, 2.45) is 5.92 Å². The fourth-order valence-corrected chi connectivity index (χ4v) is 2.66. The largest absolute Gasteiger partial charge is 0.317 e. The van der Waals surface area contributed by atoms with Crippen LogP contribution >= 0.6 is 0 Å². The van der Waals surface area contributed by atoms with Crippen LogP contribution in [0.2, 0.25) is 0 Å². The smallest absolute Gasteiger partial charge is 0.0577 e. The molecule has 2 aromatic rings. The van der Waals surface area contributed by atoms with Crippen LogP contribution in [0.3, 0.4) is 0 Å². The Balaban J connectivity index is 1.89. The Hall–Kier alpha value is -1.48. The highest BCUT2D eigenvalue weighted by molar-refractivity contribution is 5.84. The lowest BCUT2D eigenvalue weighted by Crippen LogP contribution is -2.28. The van der Waals surface area contributed by atoms with Gasteiger partial charge in [-0.05, 0) is 43.8 Å². The van der Waals surface area contributed by atoms with Gasteiger partial charge >= 0.3 is 0 Å². The van der Waals surface area contributed by atoms with Gasteiger partial charge in [-0.15, -0.1) is 0 Å². The topological polar surface area (TPSA) is 37.8 Å². The van der Waals surface area contributed by atoms with Crippen LogP contribution in [0.15, 0.2) is 30.6 Å². The highest BCUT2D eigenvalue weighted by atomic mass is 15.1. The first-order valence-corrected chi connectivity index (χ1v) is 6.32. The van der Waals surface area contributed by atoms with Crippen molar-refractivity contribution in [3.05, 3.63) is 36.2 Å². The number of piperidine rings is 1. The molecule has 1 N–H and O–H groups in total. The van der Waals surface area contributed by atoms with E-state index in [1.54, 1.807) is 0 Å². The molecule has 0 unspecified atom stereocenters. The summed E-state index contributed by atoms with van der Waals surface area (Å²) in [7, 11) is 0. The zero-order valence-corrected chi connectivity index (χ0v) is 9.89. The third-order valence-corrected chi connectivity index (χ3v) is 3.65. The second-order valence-electron chi connectivity index (χ2n) is 4.81. The van der Waals surface area contributed by atoms with Crippen molar-refractivity contribution in [1.29, 1.82) is 0 Å². The quantitative estimate of drug-likeness (QED) is 0.854. The van der Waals surface area contributed by atoms with Gasteiger partial charge in [-0.3, -0.25) is 0 Å². The molecule has 2 heterocycles. The summed E-state index contributed by atoms with van der Waals surface area (Å²) < 4.78 is 0. The Kier molecular flexibility index (Phi) is 3.01. The fourth-order valence-electron chi connectivity index (χ4n) is 2.66. The average molecular weight is 227 g/mol. The van der Waals surface area contributed by atoms with Crippen molar-refractivity contribution in [3.8, 4) is 0 Å². The van der Waals surface area contributed by atoms with Gasteiger partial charge in [0.15, 0.2) is 0 Å². The number of aromatic nitrogens is 2. The second-order valence-corrected chi connectivity index (χ2v) is 4.81. The molecule has 3 nitrogen and oxygen atoms in total. The average Bonchev–Trinajstić information content (AvgIpc) is 2.40. The van der Waals surface area contributed by atoms with Crippen LogP contribution in [0.4, 0.5) is 0 Å². The van der Waals surface area contributed by atoms with E-state index in [2.05, 4.69) is 33.7 Å². The molecular weight excluding hydrogens is 210 g/mol. The Bertz CT molecular complexity index is 498. The number of fused-ring (bicyclic) bond motifs is 1. The Morgan fingerprint density at radius 2 is 1.94 bits per heavy atom. The Morgan fingerprint density at radius 3 is 2.82 bits per heavy atom. The summed E-state index contributed by atoms with van der Waals surface area (Å²) in [4.78, 5) is 0. The minimum atomic E-state index is 0.815. The molecule has 0 spiro atoms. The molecule has 0 bridgehead atoms. The molecule has 0 amide bonds. The van der Waals surface area contributed by atoms with Crippen molar-refractivity contribution in [2.75, 3.05) is 13.1 Å². The van der Waals surface area contributed by atoms with E-state index in [0.29, 0.717) is 0 Å². The van der Waals surface area contributed by atoms with Gasteiger partial charge in [0.2, 0.25) is 0 Å². The van der Waals surface area contributed by atoms with Crippen LogP contribution in [0.5, 0.6) is 0 Å². The summed E-state index contributed by atoms with van der Waals surface area (Å²) in [6, 6.07) is 6.46. The third-order valence-electron chi connectivity index (χ3n) is 3.65. The molecule has 1 aliphatic heterocycles. The molecule has 1 fully saturated rings. The number of hydrogen-bond acceptors (Lipinski definition) is 3. The lowest BCUT2D eigenvalue weighted by molar-refractivity contribution is 0.373. The summed E-state index contributed by atoms with van der Waals surface area (Å²) in [5, 5.41) is 13.8. The van der Waals surface area contributed by atoms with E-state index in [1.807, 2.05) is 12.4 Å². The molecule has 1 aromatic heterocycles. The second kappa shape index (κ2) is 4.80. The van der Waals surface area contributed by atoms with Crippen LogP contribution in [-0.2, 0) is 6.42 Å². The Morgan fingerprint density at radius 1 is 1.12 bits per heavy atom. The van der Waals surface area contributed by atoms with E-state index in [4.69, 9.17) is 0 Å². The highest BCUT2D eigenvalue weighted by Crippen LogP contribution is 2.23. The first-order chi connectivity index (χ1) is 8.43. The zero-order chi connectivity index (χ0) is 11.5. The monoisotopic (exact) mass is 227 g/mol. The number of rotatable bonds is 2. The molecule has 1 aliphatic rings. The lowest BCUT2D eigenvalue weighted by atomic mass is 9.89. The van der Waals surface area contributed by atoms with Crippen molar-refractivity contribution >= 4 is 10.8 Å².